The van der Waals surface area contributed by atoms with Crippen LogP contribution >= 0.6 is 0 Å². The Hall–Kier alpha value is -4.90. The largest absolute Gasteiger partial charge is 0.497 e. The highest BCUT2D eigenvalue weighted by Gasteiger charge is 2.45. The zero-order valence-electron chi connectivity index (χ0n) is 25.6. The van der Waals surface area contributed by atoms with Crippen molar-refractivity contribution in [3.05, 3.63) is 118 Å². The summed E-state index contributed by atoms with van der Waals surface area (Å²) in [4.78, 5) is 0. The van der Waals surface area contributed by atoms with Crippen molar-refractivity contribution < 1.29 is 23.7 Å². The molecule has 5 aromatic rings. The monoisotopic (exact) mass is 582 g/mol. The van der Waals surface area contributed by atoms with Gasteiger partial charge in [-0.25, -0.2) is 0 Å². The van der Waals surface area contributed by atoms with Gasteiger partial charge in [0.2, 0.25) is 0 Å². The molecule has 2 aliphatic heterocycles. The van der Waals surface area contributed by atoms with Crippen LogP contribution < -0.4 is 23.7 Å². The molecule has 0 saturated carbocycles. The molecule has 8 rings (SSSR count). The third kappa shape index (κ3) is 3.53. The van der Waals surface area contributed by atoms with Crippen LogP contribution in [0, 0.1) is 0 Å². The number of rotatable bonds is 5. The lowest BCUT2D eigenvalue weighted by Gasteiger charge is -2.38. The van der Waals surface area contributed by atoms with Crippen molar-refractivity contribution in [2.75, 3.05) is 27.9 Å². The third-order valence-corrected chi connectivity index (χ3v) is 9.70. The Balaban J connectivity index is 1.48. The SMILES string of the molecule is COc1ccc(C2(c3ccc(OC)cc3)C=Cc3c4c(c5c6c(c(OC)cc5c3O2)OCC6)-c2ccccc2C4(C)C)cc1. The zero-order chi connectivity index (χ0) is 30.2. The van der Waals surface area contributed by atoms with Crippen molar-refractivity contribution >= 4 is 16.8 Å². The molecule has 0 radical (unpaired) electrons. The Kier molecular flexibility index (Phi) is 5.80. The van der Waals surface area contributed by atoms with Crippen LogP contribution in [0.4, 0.5) is 0 Å². The van der Waals surface area contributed by atoms with Crippen LogP contribution in [0.3, 0.4) is 0 Å². The molecule has 5 heteroatoms. The second-order valence-electron chi connectivity index (χ2n) is 12.2. The maximum absolute atomic E-state index is 7.46. The number of hydrogen-bond acceptors (Lipinski definition) is 5. The van der Waals surface area contributed by atoms with Gasteiger partial charge < -0.3 is 23.7 Å². The maximum Gasteiger partial charge on any atom is 0.178 e. The predicted octanol–water partition coefficient (Wildman–Crippen LogP) is 8.46. The van der Waals surface area contributed by atoms with Gasteiger partial charge in [0, 0.05) is 44.9 Å². The molecule has 0 saturated heterocycles. The fourth-order valence-corrected chi connectivity index (χ4v) is 7.60. The summed E-state index contributed by atoms with van der Waals surface area (Å²) in [6, 6.07) is 27.2. The van der Waals surface area contributed by atoms with Crippen LogP contribution in [-0.2, 0) is 17.4 Å². The van der Waals surface area contributed by atoms with Crippen LogP contribution in [0.1, 0.15) is 47.2 Å². The number of fused-ring (bicyclic) bond motifs is 10. The van der Waals surface area contributed by atoms with Gasteiger partial charge in [0.1, 0.15) is 17.2 Å². The van der Waals surface area contributed by atoms with Gasteiger partial charge in [0.15, 0.2) is 17.1 Å². The maximum atomic E-state index is 7.46. The molecule has 5 aromatic carbocycles. The predicted molar refractivity (Wildman–Crippen MR) is 174 cm³/mol. The van der Waals surface area contributed by atoms with E-state index in [9.17, 15) is 0 Å². The normalized spacial score (nSPS) is 16.3. The van der Waals surface area contributed by atoms with Gasteiger partial charge in [0.25, 0.3) is 0 Å². The van der Waals surface area contributed by atoms with Crippen molar-refractivity contribution in [1.82, 2.24) is 0 Å². The van der Waals surface area contributed by atoms with Crippen LogP contribution in [0.15, 0.2) is 84.9 Å². The molecule has 0 N–H and O–H groups in total. The van der Waals surface area contributed by atoms with E-state index in [4.69, 9.17) is 23.7 Å². The summed E-state index contributed by atoms with van der Waals surface area (Å²) in [5.41, 5.74) is 8.31. The summed E-state index contributed by atoms with van der Waals surface area (Å²) >= 11 is 0. The summed E-state index contributed by atoms with van der Waals surface area (Å²) in [5, 5.41) is 2.22. The molecule has 2 heterocycles. The zero-order valence-corrected chi connectivity index (χ0v) is 25.6. The molecule has 0 spiro atoms. The van der Waals surface area contributed by atoms with E-state index in [1.807, 2.05) is 24.3 Å². The number of benzene rings is 5. The minimum Gasteiger partial charge on any atom is -0.497 e. The highest BCUT2D eigenvalue weighted by Crippen LogP contribution is 2.60. The average molecular weight is 583 g/mol. The second kappa shape index (κ2) is 9.55. The average Bonchev–Trinajstić information content (AvgIpc) is 3.65. The van der Waals surface area contributed by atoms with Gasteiger partial charge in [0.05, 0.1) is 27.9 Å². The molecular formula is C39H34O5. The van der Waals surface area contributed by atoms with E-state index in [0.717, 1.165) is 57.2 Å². The van der Waals surface area contributed by atoms with E-state index < -0.39 is 5.60 Å². The minimum absolute atomic E-state index is 0.232. The lowest BCUT2D eigenvalue weighted by Crippen LogP contribution is -2.35. The molecule has 5 nitrogen and oxygen atoms in total. The van der Waals surface area contributed by atoms with Gasteiger partial charge in [-0.3, -0.25) is 0 Å². The highest BCUT2D eigenvalue weighted by molar-refractivity contribution is 6.11. The smallest absolute Gasteiger partial charge is 0.178 e. The van der Waals surface area contributed by atoms with E-state index in [2.05, 4.69) is 80.6 Å². The number of ether oxygens (including phenoxy) is 5. The van der Waals surface area contributed by atoms with E-state index >= 15 is 0 Å². The summed E-state index contributed by atoms with van der Waals surface area (Å²) in [6.45, 7) is 5.28. The molecule has 220 valence electrons. The molecule has 0 fully saturated rings. The van der Waals surface area contributed by atoms with Crippen molar-refractivity contribution in [1.29, 1.82) is 0 Å². The van der Waals surface area contributed by atoms with Gasteiger partial charge in [-0.2, -0.15) is 0 Å². The fraction of sp³-hybridized carbons (Fsp3) is 0.231. The van der Waals surface area contributed by atoms with Gasteiger partial charge in [-0.05, 0) is 58.7 Å². The summed E-state index contributed by atoms with van der Waals surface area (Å²) in [6.07, 6.45) is 5.29. The van der Waals surface area contributed by atoms with E-state index in [1.54, 1.807) is 21.3 Å². The summed E-state index contributed by atoms with van der Waals surface area (Å²) < 4.78 is 30.6. The Labute approximate surface area is 257 Å². The molecular weight excluding hydrogens is 548 g/mol. The first-order valence-corrected chi connectivity index (χ1v) is 15.0. The van der Waals surface area contributed by atoms with E-state index in [-0.39, 0.29) is 5.41 Å². The standard InChI is InChI=1S/C39H34O5/c1-38(2)31-9-7-6-8-27(31)34-33-28-19-21-43-37(28)32(42-5)22-30(33)36-29(35(34)38)18-20-39(44-36,23-10-14-25(40-3)15-11-23)24-12-16-26(41-4)17-13-24/h6-18,20,22H,19,21H2,1-5H3. The quantitative estimate of drug-likeness (QED) is 0.208. The molecule has 0 bridgehead atoms. The minimum atomic E-state index is -0.898. The van der Waals surface area contributed by atoms with E-state index in [0.29, 0.717) is 6.61 Å². The highest BCUT2D eigenvalue weighted by atomic mass is 16.5. The van der Waals surface area contributed by atoms with Crippen molar-refractivity contribution in [3.63, 3.8) is 0 Å². The van der Waals surface area contributed by atoms with Crippen molar-refractivity contribution in [3.8, 4) is 39.9 Å². The first-order chi connectivity index (χ1) is 21.4. The van der Waals surface area contributed by atoms with Crippen LogP contribution in [0.5, 0.6) is 28.7 Å². The molecule has 3 aliphatic rings. The Morgan fingerprint density at radius 2 is 1.41 bits per heavy atom. The van der Waals surface area contributed by atoms with Crippen molar-refractivity contribution in [2.45, 2.75) is 31.3 Å². The van der Waals surface area contributed by atoms with Crippen molar-refractivity contribution in [2.24, 2.45) is 0 Å². The Morgan fingerprint density at radius 3 is 2.05 bits per heavy atom. The van der Waals surface area contributed by atoms with Crippen LogP contribution in [0.2, 0.25) is 0 Å². The second-order valence-corrected chi connectivity index (χ2v) is 12.2. The lowest BCUT2D eigenvalue weighted by molar-refractivity contribution is 0.163. The first kappa shape index (κ1) is 26.7. The number of hydrogen-bond donors (Lipinski definition) is 0. The molecule has 44 heavy (non-hydrogen) atoms. The third-order valence-electron chi connectivity index (χ3n) is 9.70. The van der Waals surface area contributed by atoms with Crippen LogP contribution in [0.25, 0.3) is 28.0 Å². The molecule has 1 aliphatic carbocycles. The van der Waals surface area contributed by atoms with Gasteiger partial charge in [-0.1, -0.05) is 68.5 Å². The first-order valence-electron chi connectivity index (χ1n) is 15.0. The molecule has 0 atom stereocenters. The number of methoxy groups -OCH3 is 3. The van der Waals surface area contributed by atoms with Gasteiger partial charge >= 0.3 is 0 Å². The fourth-order valence-electron chi connectivity index (χ4n) is 7.60. The molecule has 0 unspecified atom stereocenters. The Bertz CT molecular complexity index is 1940. The van der Waals surface area contributed by atoms with Crippen LogP contribution in [-0.4, -0.2) is 27.9 Å². The lowest BCUT2D eigenvalue weighted by atomic mass is 9.76. The Morgan fingerprint density at radius 1 is 0.750 bits per heavy atom. The van der Waals surface area contributed by atoms with E-state index in [1.165, 1.54) is 33.2 Å². The molecule has 0 aromatic heterocycles. The summed E-state index contributed by atoms with van der Waals surface area (Å²) in [7, 11) is 5.08. The topological polar surface area (TPSA) is 46.2 Å². The van der Waals surface area contributed by atoms with Gasteiger partial charge in [-0.15, -0.1) is 0 Å². The molecule has 0 amide bonds. The summed E-state index contributed by atoms with van der Waals surface area (Å²) in [5.74, 6) is 4.01.